The van der Waals surface area contributed by atoms with E-state index < -0.39 is 24.3 Å². The molecule has 2 aliphatic heterocycles. The molecule has 2 N–H and O–H groups in total. The average molecular weight is 554 g/mol. The summed E-state index contributed by atoms with van der Waals surface area (Å²) < 4.78 is 75.5. The zero-order chi connectivity index (χ0) is 28.4. The molecule has 2 atom stereocenters. The normalized spacial score (nSPS) is 21.5. The molecule has 4 rings (SSSR count). The number of likely N-dealkylation sites (tertiary alicyclic amines) is 1. The molecule has 2 unspecified atom stereocenters. The molecular weight excluding hydrogens is 530 g/mol. The minimum Gasteiger partial charge on any atom is -0.475 e. The number of hydrogen-bond acceptors (Lipinski definition) is 8. The molecule has 38 heavy (non-hydrogen) atoms. The highest BCUT2D eigenvalue weighted by Gasteiger charge is 2.44. The van der Waals surface area contributed by atoms with E-state index in [4.69, 9.17) is 29.3 Å². The molecule has 2 aromatic rings. The van der Waals surface area contributed by atoms with Crippen LogP contribution in [0.4, 0.5) is 26.3 Å². The topological polar surface area (TPSA) is 135 Å². The van der Waals surface area contributed by atoms with Crippen molar-refractivity contribution in [2.45, 2.75) is 49.9 Å². The average Bonchev–Trinajstić information content (AvgIpc) is 3.21. The zero-order valence-corrected chi connectivity index (χ0v) is 19.7. The van der Waals surface area contributed by atoms with Crippen molar-refractivity contribution in [3.63, 3.8) is 0 Å². The van der Waals surface area contributed by atoms with Crippen LogP contribution < -0.4 is 4.74 Å². The van der Waals surface area contributed by atoms with Gasteiger partial charge in [-0.15, -0.1) is 0 Å². The van der Waals surface area contributed by atoms with Crippen molar-refractivity contribution in [2.24, 2.45) is 0 Å². The summed E-state index contributed by atoms with van der Waals surface area (Å²) in [5.74, 6) is -5.51. The Morgan fingerprint density at radius 1 is 1.05 bits per heavy atom. The Hall–Kier alpha value is -3.53. The van der Waals surface area contributed by atoms with Gasteiger partial charge in [-0.25, -0.2) is 19.6 Å². The maximum absolute atomic E-state index is 10.6. The molecule has 2 aliphatic rings. The Bertz CT molecular complexity index is 1000. The van der Waals surface area contributed by atoms with Crippen LogP contribution in [0.3, 0.4) is 0 Å². The first-order valence-corrected chi connectivity index (χ1v) is 11.0. The summed E-state index contributed by atoms with van der Waals surface area (Å²) in [6.07, 6.45) is 0.152. The van der Waals surface area contributed by atoms with Crippen LogP contribution in [-0.2, 0) is 20.9 Å². The third-order valence-corrected chi connectivity index (χ3v) is 5.22. The molecule has 2 aromatic heterocycles. The van der Waals surface area contributed by atoms with E-state index in [0.29, 0.717) is 12.6 Å². The minimum absolute atomic E-state index is 0.0331. The second kappa shape index (κ2) is 13.3. The van der Waals surface area contributed by atoms with Crippen LogP contribution in [-0.4, -0.2) is 85.8 Å². The van der Waals surface area contributed by atoms with E-state index in [1.54, 1.807) is 18.5 Å². The van der Waals surface area contributed by atoms with Crippen molar-refractivity contribution < 1.29 is 55.6 Å². The van der Waals surface area contributed by atoms with E-state index in [1.165, 1.54) is 5.56 Å². The third kappa shape index (κ3) is 10.5. The number of carboxylic acid groups (broad SMARTS) is 2. The number of carboxylic acids is 2. The third-order valence-electron chi connectivity index (χ3n) is 5.22. The molecule has 10 nitrogen and oxygen atoms in total. The molecule has 1 spiro atoms. The van der Waals surface area contributed by atoms with E-state index >= 15 is 0 Å². The first-order chi connectivity index (χ1) is 17.7. The molecule has 4 heterocycles. The SMILES string of the molecule is O=C(O)C(F)(F)F.O=C(O)C(F)(F)F.c1cnc(OC2COC3(CCCN(Cc4cccnc4)C3)C2)nc1. The smallest absolute Gasteiger partial charge is 0.475 e. The fourth-order valence-corrected chi connectivity index (χ4v) is 3.73. The van der Waals surface area contributed by atoms with Gasteiger partial charge in [0.2, 0.25) is 0 Å². The molecule has 2 fully saturated rings. The predicted molar refractivity (Wildman–Crippen MR) is 116 cm³/mol. The summed E-state index contributed by atoms with van der Waals surface area (Å²) in [7, 11) is 0. The summed E-state index contributed by atoms with van der Waals surface area (Å²) in [6.45, 7) is 3.58. The fourth-order valence-electron chi connectivity index (χ4n) is 3.73. The molecule has 2 saturated heterocycles. The van der Waals surface area contributed by atoms with Crippen LogP contribution in [0.5, 0.6) is 6.01 Å². The van der Waals surface area contributed by atoms with Gasteiger partial charge in [0.15, 0.2) is 0 Å². The molecule has 210 valence electrons. The van der Waals surface area contributed by atoms with Crippen molar-refractivity contribution >= 4 is 11.9 Å². The van der Waals surface area contributed by atoms with Gasteiger partial charge in [-0.2, -0.15) is 26.3 Å². The van der Waals surface area contributed by atoms with Gasteiger partial charge in [-0.05, 0) is 37.1 Å². The molecule has 0 saturated carbocycles. The first kappa shape index (κ1) is 30.7. The summed E-state index contributed by atoms with van der Waals surface area (Å²) in [5, 5.41) is 14.2. The van der Waals surface area contributed by atoms with E-state index in [9.17, 15) is 26.3 Å². The van der Waals surface area contributed by atoms with Gasteiger partial charge in [0, 0.05) is 44.3 Å². The molecular formula is C22H24F6N4O6. The summed E-state index contributed by atoms with van der Waals surface area (Å²) in [4.78, 5) is 32.7. The molecule has 16 heteroatoms. The number of ether oxygens (including phenoxy) is 2. The van der Waals surface area contributed by atoms with Crippen molar-refractivity contribution in [1.82, 2.24) is 19.9 Å². The van der Waals surface area contributed by atoms with Crippen LogP contribution in [0.25, 0.3) is 0 Å². The highest BCUT2D eigenvalue weighted by Crippen LogP contribution is 2.36. The number of nitrogens with zero attached hydrogens (tertiary/aromatic N) is 4. The number of hydrogen-bond donors (Lipinski definition) is 2. The van der Waals surface area contributed by atoms with E-state index in [2.05, 4.69) is 25.9 Å². The van der Waals surface area contributed by atoms with Gasteiger partial charge < -0.3 is 19.7 Å². The second-order valence-corrected chi connectivity index (χ2v) is 8.25. The number of pyridine rings is 1. The summed E-state index contributed by atoms with van der Waals surface area (Å²) >= 11 is 0. The van der Waals surface area contributed by atoms with Gasteiger partial charge >= 0.3 is 30.3 Å². The Morgan fingerprint density at radius 2 is 1.66 bits per heavy atom. The van der Waals surface area contributed by atoms with Crippen molar-refractivity contribution in [2.75, 3.05) is 19.7 Å². The Balaban J connectivity index is 0.000000301. The largest absolute Gasteiger partial charge is 0.490 e. The van der Waals surface area contributed by atoms with Crippen LogP contribution in [0.15, 0.2) is 43.0 Å². The van der Waals surface area contributed by atoms with Crippen LogP contribution in [0.1, 0.15) is 24.8 Å². The number of rotatable bonds is 4. The number of alkyl halides is 6. The number of piperidine rings is 1. The predicted octanol–water partition coefficient (Wildman–Crippen LogP) is 3.34. The number of aromatic nitrogens is 3. The fraction of sp³-hybridized carbons (Fsp3) is 0.500. The van der Waals surface area contributed by atoms with Crippen molar-refractivity contribution in [3.05, 3.63) is 48.5 Å². The Morgan fingerprint density at radius 3 is 2.18 bits per heavy atom. The maximum atomic E-state index is 10.6. The van der Waals surface area contributed by atoms with Gasteiger partial charge in [-0.3, -0.25) is 9.88 Å². The lowest BCUT2D eigenvalue weighted by Gasteiger charge is -2.39. The summed E-state index contributed by atoms with van der Waals surface area (Å²) in [6, 6.07) is 6.34. The van der Waals surface area contributed by atoms with E-state index in [0.717, 1.165) is 38.9 Å². The van der Waals surface area contributed by atoms with Crippen molar-refractivity contribution in [3.8, 4) is 6.01 Å². The standard InChI is InChI=1S/C18H22N4O2.2C2HF3O2/c1-4-15(11-19-6-1)12-22-9-2-5-18(14-22)10-16(13-23-18)24-17-20-7-3-8-21-17;2*3-2(4,5)1(6)7/h1,3-4,6-8,11,16H,2,5,9-10,12-14H2;2*(H,6,7). The molecule has 0 bridgehead atoms. The van der Waals surface area contributed by atoms with Gasteiger partial charge in [0.25, 0.3) is 0 Å². The first-order valence-electron chi connectivity index (χ1n) is 11.0. The van der Waals surface area contributed by atoms with E-state index in [-0.39, 0.29) is 11.7 Å². The van der Waals surface area contributed by atoms with Crippen LogP contribution in [0.2, 0.25) is 0 Å². The highest BCUT2D eigenvalue weighted by atomic mass is 19.4. The van der Waals surface area contributed by atoms with Gasteiger partial charge in [-0.1, -0.05) is 6.07 Å². The van der Waals surface area contributed by atoms with Gasteiger partial charge in [0.05, 0.1) is 12.2 Å². The second-order valence-electron chi connectivity index (χ2n) is 8.25. The Kier molecular flexibility index (Phi) is 10.8. The van der Waals surface area contributed by atoms with Crippen molar-refractivity contribution in [1.29, 1.82) is 0 Å². The van der Waals surface area contributed by atoms with Gasteiger partial charge in [0.1, 0.15) is 6.10 Å². The zero-order valence-electron chi connectivity index (χ0n) is 19.7. The van der Waals surface area contributed by atoms with Crippen LogP contribution in [0, 0.1) is 0 Å². The maximum Gasteiger partial charge on any atom is 0.490 e. The van der Waals surface area contributed by atoms with Crippen LogP contribution >= 0.6 is 0 Å². The monoisotopic (exact) mass is 554 g/mol. The molecule has 0 aromatic carbocycles. The minimum atomic E-state index is -5.08. The lowest BCUT2D eigenvalue weighted by atomic mass is 9.89. The molecule has 0 aliphatic carbocycles. The lowest BCUT2D eigenvalue weighted by Crippen LogP contribution is -2.47. The molecule has 0 amide bonds. The van der Waals surface area contributed by atoms with E-state index in [1.807, 2.05) is 18.5 Å². The summed E-state index contributed by atoms with van der Waals surface area (Å²) in [5.41, 5.74) is 1.15. The lowest BCUT2D eigenvalue weighted by molar-refractivity contribution is -0.193. The highest BCUT2D eigenvalue weighted by molar-refractivity contribution is 5.73. The number of halogens is 6. The number of aliphatic carboxylic acids is 2. The molecule has 0 radical (unpaired) electrons. The quantitative estimate of drug-likeness (QED) is 0.542. The Labute approximate surface area is 212 Å². The number of carbonyl (C=O) groups is 2.